The SMILES string of the molecule is Cc1ccccc1NC(=O)/C=C/c1ccccn1. The van der Waals surface area contributed by atoms with Gasteiger partial charge in [0.15, 0.2) is 0 Å². The van der Waals surface area contributed by atoms with Gasteiger partial charge in [0.25, 0.3) is 0 Å². The molecular weight excluding hydrogens is 224 g/mol. The van der Waals surface area contributed by atoms with E-state index in [-0.39, 0.29) is 5.91 Å². The molecule has 0 aliphatic rings. The Morgan fingerprint density at radius 2 is 1.94 bits per heavy atom. The molecule has 0 aliphatic carbocycles. The second-order valence-electron chi connectivity index (χ2n) is 3.89. The second kappa shape index (κ2) is 5.77. The van der Waals surface area contributed by atoms with E-state index in [0.717, 1.165) is 16.9 Å². The molecule has 0 unspecified atom stereocenters. The summed E-state index contributed by atoms with van der Waals surface area (Å²) in [6.07, 6.45) is 4.86. The lowest BCUT2D eigenvalue weighted by atomic mass is 10.2. The zero-order chi connectivity index (χ0) is 12.8. The molecule has 1 aromatic carbocycles. The first kappa shape index (κ1) is 12.0. The van der Waals surface area contributed by atoms with E-state index in [9.17, 15) is 4.79 Å². The van der Waals surface area contributed by atoms with Gasteiger partial charge in [0.05, 0.1) is 5.69 Å². The Morgan fingerprint density at radius 1 is 1.17 bits per heavy atom. The summed E-state index contributed by atoms with van der Waals surface area (Å²) in [4.78, 5) is 15.8. The van der Waals surface area contributed by atoms with Crippen LogP contribution < -0.4 is 5.32 Å². The van der Waals surface area contributed by atoms with Gasteiger partial charge in [-0.1, -0.05) is 24.3 Å². The predicted octanol–water partition coefficient (Wildman–Crippen LogP) is 3.04. The molecule has 0 bridgehead atoms. The standard InChI is InChI=1S/C15H14N2O/c1-12-6-2-3-8-14(12)17-15(18)10-9-13-7-4-5-11-16-13/h2-11H,1H3,(H,17,18)/b10-9+. The minimum Gasteiger partial charge on any atom is -0.322 e. The summed E-state index contributed by atoms with van der Waals surface area (Å²) in [5.74, 6) is -0.157. The largest absolute Gasteiger partial charge is 0.322 e. The van der Waals surface area contributed by atoms with Gasteiger partial charge in [-0.2, -0.15) is 0 Å². The summed E-state index contributed by atoms with van der Waals surface area (Å²) in [5, 5.41) is 2.83. The average molecular weight is 238 g/mol. The molecule has 18 heavy (non-hydrogen) atoms. The van der Waals surface area contributed by atoms with E-state index in [1.807, 2.05) is 49.4 Å². The number of benzene rings is 1. The molecule has 0 fully saturated rings. The van der Waals surface area contributed by atoms with Crippen LogP contribution in [0.4, 0.5) is 5.69 Å². The van der Waals surface area contributed by atoms with Crippen LogP contribution in [0.5, 0.6) is 0 Å². The van der Waals surface area contributed by atoms with Crippen molar-refractivity contribution < 1.29 is 4.79 Å². The molecule has 90 valence electrons. The maximum Gasteiger partial charge on any atom is 0.248 e. The lowest BCUT2D eigenvalue weighted by Crippen LogP contribution is -2.08. The minimum atomic E-state index is -0.157. The van der Waals surface area contributed by atoms with E-state index < -0.39 is 0 Å². The van der Waals surface area contributed by atoms with Gasteiger partial charge in [0, 0.05) is 18.0 Å². The van der Waals surface area contributed by atoms with Crippen molar-refractivity contribution >= 4 is 17.7 Å². The molecule has 1 amide bonds. The van der Waals surface area contributed by atoms with Crippen molar-refractivity contribution in [1.82, 2.24) is 4.98 Å². The third-order valence-electron chi connectivity index (χ3n) is 2.50. The van der Waals surface area contributed by atoms with Crippen LogP contribution in [0, 0.1) is 6.92 Å². The topological polar surface area (TPSA) is 42.0 Å². The second-order valence-corrected chi connectivity index (χ2v) is 3.89. The number of aromatic nitrogens is 1. The highest BCUT2D eigenvalue weighted by Gasteiger charge is 1.99. The van der Waals surface area contributed by atoms with Crippen LogP contribution in [0.25, 0.3) is 6.08 Å². The van der Waals surface area contributed by atoms with Crippen molar-refractivity contribution in [1.29, 1.82) is 0 Å². The van der Waals surface area contributed by atoms with Crippen molar-refractivity contribution in [2.75, 3.05) is 5.32 Å². The monoisotopic (exact) mass is 238 g/mol. The Hall–Kier alpha value is -2.42. The lowest BCUT2D eigenvalue weighted by molar-refractivity contribution is -0.111. The average Bonchev–Trinajstić information content (AvgIpc) is 2.40. The number of carbonyl (C=O) groups is 1. The van der Waals surface area contributed by atoms with Crippen molar-refractivity contribution in [3.05, 3.63) is 66.0 Å². The van der Waals surface area contributed by atoms with Gasteiger partial charge in [0.2, 0.25) is 5.91 Å². The molecule has 2 rings (SSSR count). The summed E-state index contributed by atoms with van der Waals surface area (Å²) in [6, 6.07) is 13.2. The van der Waals surface area contributed by atoms with Gasteiger partial charge in [-0.3, -0.25) is 9.78 Å². The third-order valence-corrected chi connectivity index (χ3v) is 2.50. The molecule has 1 heterocycles. The van der Waals surface area contributed by atoms with E-state index in [0.29, 0.717) is 0 Å². The van der Waals surface area contributed by atoms with E-state index in [1.54, 1.807) is 12.3 Å². The Balaban J connectivity index is 2.02. The maximum absolute atomic E-state index is 11.7. The number of rotatable bonds is 3. The van der Waals surface area contributed by atoms with Crippen LogP contribution in [-0.2, 0) is 4.79 Å². The molecule has 3 nitrogen and oxygen atoms in total. The van der Waals surface area contributed by atoms with Crippen LogP contribution in [0.3, 0.4) is 0 Å². The summed E-state index contributed by atoms with van der Waals surface area (Å²) in [6.45, 7) is 1.96. The smallest absolute Gasteiger partial charge is 0.248 e. The Bertz CT molecular complexity index is 562. The molecule has 0 atom stereocenters. The summed E-state index contributed by atoms with van der Waals surface area (Å²) < 4.78 is 0. The fraction of sp³-hybridized carbons (Fsp3) is 0.0667. The number of aryl methyl sites for hydroxylation is 1. The van der Waals surface area contributed by atoms with Gasteiger partial charge in [-0.25, -0.2) is 0 Å². The maximum atomic E-state index is 11.7. The molecule has 3 heteroatoms. The number of nitrogens with zero attached hydrogens (tertiary/aromatic N) is 1. The third kappa shape index (κ3) is 3.28. The molecule has 0 aliphatic heterocycles. The van der Waals surface area contributed by atoms with Gasteiger partial charge < -0.3 is 5.32 Å². The summed E-state index contributed by atoms with van der Waals surface area (Å²) in [7, 11) is 0. The molecule has 0 spiro atoms. The summed E-state index contributed by atoms with van der Waals surface area (Å²) >= 11 is 0. The summed E-state index contributed by atoms with van der Waals surface area (Å²) in [5.41, 5.74) is 2.63. The molecule has 1 N–H and O–H groups in total. The van der Waals surface area contributed by atoms with Gasteiger partial charge in [-0.05, 0) is 36.8 Å². The number of nitrogens with one attached hydrogen (secondary N) is 1. The fourth-order valence-electron chi connectivity index (χ4n) is 1.52. The molecule has 0 saturated heterocycles. The molecular formula is C15H14N2O. The normalized spacial score (nSPS) is 10.5. The number of hydrogen-bond acceptors (Lipinski definition) is 2. The molecule has 0 radical (unpaired) electrons. The molecule has 1 aromatic heterocycles. The van der Waals surface area contributed by atoms with E-state index in [2.05, 4.69) is 10.3 Å². The number of carbonyl (C=O) groups excluding carboxylic acids is 1. The van der Waals surface area contributed by atoms with Crippen LogP contribution >= 0.6 is 0 Å². The first-order valence-electron chi connectivity index (χ1n) is 5.71. The first-order valence-corrected chi connectivity index (χ1v) is 5.71. The number of hydrogen-bond donors (Lipinski definition) is 1. The number of para-hydroxylation sites is 1. The Kier molecular flexibility index (Phi) is 3.86. The van der Waals surface area contributed by atoms with E-state index in [4.69, 9.17) is 0 Å². The van der Waals surface area contributed by atoms with Crippen molar-refractivity contribution in [3.63, 3.8) is 0 Å². The number of anilines is 1. The van der Waals surface area contributed by atoms with Crippen LogP contribution in [0.2, 0.25) is 0 Å². The van der Waals surface area contributed by atoms with Gasteiger partial charge in [0.1, 0.15) is 0 Å². The fourth-order valence-corrected chi connectivity index (χ4v) is 1.52. The van der Waals surface area contributed by atoms with Crippen molar-refractivity contribution in [2.45, 2.75) is 6.92 Å². The lowest BCUT2D eigenvalue weighted by Gasteiger charge is -2.04. The number of pyridine rings is 1. The highest BCUT2D eigenvalue weighted by Crippen LogP contribution is 2.12. The van der Waals surface area contributed by atoms with Crippen molar-refractivity contribution in [2.24, 2.45) is 0 Å². The van der Waals surface area contributed by atoms with E-state index >= 15 is 0 Å². The minimum absolute atomic E-state index is 0.157. The molecule has 2 aromatic rings. The molecule has 0 saturated carbocycles. The van der Waals surface area contributed by atoms with Crippen molar-refractivity contribution in [3.8, 4) is 0 Å². The Morgan fingerprint density at radius 3 is 2.67 bits per heavy atom. The van der Waals surface area contributed by atoms with Gasteiger partial charge >= 0.3 is 0 Å². The highest BCUT2D eigenvalue weighted by atomic mass is 16.1. The van der Waals surface area contributed by atoms with Crippen LogP contribution in [0.1, 0.15) is 11.3 Å². The quantitative estimate of drug-likeness (QED) is 0.835. The Labute approximate surface area is 106 Å². The van der Waals surface area contributed by atoms with Crippen LogP contribution in [0.15, 0.2) is 54.7 Å². The van der Waals surface area contributed by atoms with Crippen LogP contribution in [-0.4, -0.2) is 10.9 Å². The highest BCUT2D eigenvalue weighted by molar-refractivity contribution is 6.02. The van der Waals surface area contributed by atoms with E-state index in [1.165, 1.54) is 6.08 Å². The van der Waals surface area contributed by atoms with Gasteiger partial charge in [-0.15, -0.1) is 0 Å². The predicted molar refractivity (Wildman–Crippen MR) is 73.1 cm³/mol. The zero-order valence-corrected chi connectivity index (χ0v) is 10.1. The zero-order valence-electron chi connectivity index (χ0n) is 10.1. The first-order chi connectivity index (χ1) is 8.75. The number of amides is 1.